The molecule has 1 aliphatic carbocycles. The molecule has 1 saturated carbocycles. The summed E-state index contributed by atoms with van der Waals surface area (Å²) in [7, 11) is 0. The van der Waals surface area contributed by atoms with Gasteiger partial charge in [-0.05, 0) is 61.7 Å². The van der Waals surface area contributed by atoms with Crippen LogP contribution in [-0.4, -0.2) is 33.5 Å². The van der Waals surface area contributed by atoms with Gasteiger partial charge in [0.2, 0.25) is 0 Å². The number of carbonyl (C=O) groups is 1. The van der Waals surface area contributed by atoms with Gasteiger partial charge in [-0.15, -0.1) is 0 Å². The van der Waals surface area contributed by atoms with Crippen LogP contribution in [0.5, 0.6) is 11.5 Å². The molecule has 0 saturated heterocycles. The zero-order valence-corrected chi connectivity index (χ0v) is 19.7. The van der Waals surface area contributed by atoms with Crippen LogP contribution in [0.3, 0.4) is 0 Å². The highest BCUT2D eigenvalue weighted by atomic mass is 35.5. The van der Waals surface area contributed by atoms with Crippen LogP contribution in [0, 0.1) is 0 Å². The number of pyridine rings is 1. The van der Waals surface area contributed by atoms with E-state index in [0.717, 1.165) is 30.6 Å². The van der Waals surface area contributed by atoms with Crippen LogP contribution >= 0.6 is 11.6 Å². The summed E-state index contributed by atoms with van der Waals surface area (Å²) in [5, 5.41) is 7.39. The first-order valence-corrected chi connectivity index (χ1v) is 11.8. The van der Waals surface area contributed by atoms with E-state index in [1.54, 1.807) is 24.4 Å². The van der Waals surface area contributed by atoms with Crippen molar-refractivity contribution in [1.29, 1.82) is 0 Å². The minimum atomic E-state index is -0.133. The average Bonchev–Trinajstić information content (AvgIpc) is 2.85. The molecule has 9 heteroatoms. The Balaban J connectivity index is 1.31. The van der Waals surface area contributed by atoms with Gasteiger partial charge in [-0.3, -0.25) is 9.78 Å². The first kappa shape index (κ1) is 22.9. The quantitative estimate of drug-likeness (QED) is 0.339. The van der Waals surface area contributed by atoms with Gasteiger partial charge in [0, 0.05) is 17.9 Å². The Morgan fingerprint density at radius 3 is 2.69 bits per heavy atom. The predicted molar refractivity (Wildman–Crippen MR) is 134 cm³/mol. The number of hydrogen-bond acceptors (Lipinski definition) is 7. The number of halogens is 1. The third-order valence-electron chi connectivity index (χ3n) is 5.75. The molecule has 2 aromatic heterocycles. The van der Waals surface area contributed by atoms with Gasteiger partial charge in [0.15, 0.2) is 6.61 Å². The molecular formula is C26H24ClN5O3. The number of benzene rings is 2. The summed E-state index contributed by atoms with van der Waals surface area (Å²) in [4.78, 5) is 25.2. The van der Waals surface area contributed by atoms with Crippen molar-refractivity contribution in [3.8, 4) is 11.5 Å². The van der Waals surface area contributed by atoms with Gasteiger partial charge in [-0.1, -0.05) is 23.7 Å². The largest absolute Gasteiger partial charge is 0.486 e. The lowest BCUT2D eigenvalue weighted by Gasteiger charge is -2.26. The molecule has 8 nitrogen and oxygen atoms in total. The highest BCUT2D eigenvalue weighted by molar-refractivity contribution is 6.32. The van der Waals surface area contributed by atoms with Crippen molar-refractivity contribution in [2.24, 2.45) is 0 Å². The van der Waals surface area contributed by atoms with Crippen molar-refractivity contribution < 1.29 is 14.3 Å². The first-order valence-electron chi connectivity index (χ1n) is 11.4. The number of hydrogen-bond donors (Lipinski definition) is 2. The molecule has 0 unspecified atom stereocenters. The molecule has 1 fully saturated rings. The molecule has 0 spiro atoms. The number of ether oxygens (including phenoxy) is 2. The van der Waals surface area contributed by atoms with E-state index >= 15 is 0 Å². The lowest BCUT2D eigenvalue weighted by molar-refractivity contribution is -0.124. The van der Waals surface area contributed by atoms with Crippen molar-refractivity contribution in [2.45, 2.75) is 31.9 Å². The van der Waals surface area contributed by atoms with E-state index in [4.69, 9.17) is 21.1 Å². The molecule has 0 atom stereocenters. The second-order valence-electron chi connectivity index (χ2n) is 8.24. The van der Waals surface area contributed by atoms with Gasteiger partial charge in [0.25, 0.3) is 5.91 Å². The van der Waals surface area contributed by atoms with Crippen molar-refractivity contribution in [3.63, 3.8) is 0 Å². The molecule has 5 rings (SSSR count). The summed E-state index contributed by atoms with van der Waals surface area (Å²) in [5.74, 6) is 1.49. The van der Waals surface area contributed by atoms with Crippen LogP contribution in [0.2, 0.25) is 5.02 Å². The Bertz CT molecular complexity index is 1330. The van der Waals surface area contributed by atoms with Crippen LogP contribution in [0.15, 0.2) is 67.1 Å². The number of nitrogens with zero attached hydrogens (tertiary/aromatic N) is 3. The van der Waals surface area contributed by atoms with Gasteiger partial charge in [-0.2, -0.15) is 0 Å². The lowest BCUT2D eigenvalue weighted by atomic mass is 9.93. The minimum absolute atomic E-state index is 0.0713. The molecule has 2 heterocycles. The highest BCUT2D eigenvalue weighted by Gasteiger charge is 2.20. The number of carbonyl (C=O) groups excluding carboxylic acids is 1. The van der Waals surface area contributed by atoms with E-state index in [1.807, 2.05) is 36.4 Å². The van der Waals surface area contributed by atoms with Gasteiger partial charge < -0.3 is 20.1 Å². The van der Waals surface area contributed by atoms with E-state index in [-0.39, 0.29) is 18.6 Å². The van der Waals surface area contributed by atoms with Crippen molar-refractivity contribution in [2.75, 3.05) is 11.9 Å². The van der Waals surface area contributed by atoms with Crippen molar-refractivity contribution >= 4 is 39.9 Å². The second-order valence-corrected chi connectivity index (χ2v) is 8.64. The predicted octanol–water partition coefficient (Wildman–Crippen LogP) is 5.05. The number of aromatic nitrogens is 3. The van der Waals surface area contributed by atoms with Crippen molar-refractivity contribution in [1.82, 2.24) is 20.3 Å². The molecule has 1 aliphatic rings. The molecular weight excluding hydrogens is 466 g/mol. The Kier molecular flexibility index (Phi) is 6.90. The molecule has 0 bridgehead atoms. The van der Waals surface area contributed by atoms with E-state index in [9.17, 15) is 4.79 Å². The number of anilines is 2. The maximum absolute atomic E-state index is 12.2. The Morgan fingerprint density at radius 1 is 1.00 bits per heavy atom. The summed E-state index contributed by atoms with van der Waals surface area (Å²) in [6.45, 7) is 0.247. The lowest BCUT2D eigenvalue weighted by Crippen LogP contribution is -2.41. The molecule has 178 valence electrons. The molecule has 2 N–H and O–H groups in total. The van der Waals surface area contributed by atoms with Crippen LogP contribution in [0.1, 0.15) is 25.0 Å². The summed E-state index contributed by atoms with van der Waals surface area (Å²) in [5.41, 5.74) is 2.23. The van der Waals surface area contributed by atoms with Crippen LogP contribution in [-0.2, 0) is 11.4 Å². The van der Waals surface area contributed by atoms with E-state index in [2.05, 4.69) is 25.6 Å². The minimum Gasteiger partial charge on any atom is -0.486 e. The molecule has 0 aliphatic heterocycles. The summed E-state index contributed by atoms with van der Waals surface area (Å²) < 4.78 is 11.7. The normalized spacial score (nSPS) is 13.2. The highest BCUT2D eigenvalue weighted by Crippen LogP contribution is 2.34. The summed E-state index contributed by atoms with van der Waals surface area (Å²) in [6.07, 6.45) is 6.40. The topological polar surface area (TPSA) is 98.3 Å². The standard InChI is InChI=1S/C26H24ClN5O3/c27-20-13-18(10-11-22(20)34-14-19-5-1-2-12-28-19)32-26-25-21(29-16-30-26)8-4-9-23(25)35-15-24(33)31-17-6-3-7-17/h1-2,4-5,8-13,16-17H,3,6-7,14-15H2,(H,31,33)(H,29,30,32). The molecule has 4 aromatic rings. The average molecular weight is 490 g/mol. The zero-order chi connectivity index (χ0) is 24.0. The summed E-state index contributed by atoms with van der Waals surface area (Å²) >= 11 is 6.47. The Morgan fingerprint density at radius 2 is 1.91 bits per heavy atom. The molecule has 0 radical (unpaired) electrons. The van der Waals surface area contributed by atoms with Gasteiger partial charge in [0.05, 0.1) is 21.6 Å². The smallest absolute Gasteiger partial charge is 0.258 e. The van der Waals surface area contributed by atoms with Crippen LogP contribution in [0.4, 0.5) is 11.5 Å². The maximum Gasteiger partial charge on any atom is 0.258 e. The molecule has 35 heavy (non-hydrogen) atoms. The Hall–Kier alpha value is -3.91. The third kappa shape index (κ3) is 5.60. The Labute approximate surface area is 207 Å². The van der Waals surface area contributed by atoms with E-state index < -0.39 is 0 Å². The number of nitrogens with one attached hydrogen (secondary N) is 2. The van der Waals surface area contributed by atoms with Gasteiger partial charge in [-0.25, -0.2) is 9.97 Å². The maximum atomic E-state index is 12.2. The van der Waals surface area contributed by atoms with Crippen LogP contribution < -0.4 is 20.1 Å². The van der Waals surface area contributed by atoms with E-state index in [0.29, 0.717) is 39.8 Å². The number of amides is 1. The second kappa shape index (κ2) is 10.6. The van der Waals surface area contributed by atoms with Gasteiger partial charge in [0.1, 0.15) is 30.3 Å². The first-order chi connectivity index (χ1) is 17.2. The van der Waals surface area contributed by atoms with Crippen LogP contribution in [0.25, 0.3) is 10.9 Å². The molecule has 2 aromatic carbocycles. The summed E-state index contributed by atoms with van der Waals surface area (Å²) in [6, 6.07) is 16.8. The van der Waals surface area contributed by atoms with Crippen molar-refractivity contribution in [3.05, 3.63) is 77.8 Å². The fraction of sp³-hybridized carbons (Fsp3) is 0.231. The van der Waals surface area contributed by atoms with Gasteiger partial charge >= 0.3 is 0 Å². The third-order valence-corrected chi connectivity index (χ3v) is 6.05. The number of rotatable bonds is 9. The molecule has 1 amide bonds. The zero-order valence-electron chi connectivity index (χ0n) is 18.9. The fourth-order valence-corrected chi connectivity index (χ4v) is 3.96. The SMILES string of the molecule is O=C(COc1cccc2ncnc(Nc3ccc(OCc4ccccn4)c(Cl)c3)c12)NC1CCC1. The van der Waals surface area contributed by atoms with E-state index in [1.165, 1.54) is 6.33 Å². The monoisotopic (exact) mass is 489 g/mol. The number of fused-ring (bicyclic) bond motifs is 1. The fourth-order valence-electron chi connectivity index (χ4n) is 3.73.